The molecule has 0 aromatic carbocycles. The highest BCUT2D eigenvalue weighted by atomic mass is 16.5. The molecular weight excluding hydrogens is 524 g/mol. The molecule has 0 spiro atoms. The molecule has 4 aliphatic rings. The minimum absolute atomic E-state index is 0.140. The van der Waals surface area contributed by atoms with Crippen molar-refractivity contribution in [1.82, 2.24) is 5.32 Å². The Morgan fingerprint density at radius 1 is 0.810 bits per heavy atom. The molecule has 4 saturated carbocycles. The van der Waals surface area contributed by atoms with Gasteiger partial charge in [0.15, 0.2) is 0 Å². The Balaban J connectivity index is 1.19. The largest absolute Gasteiger partial charge is 0.379 e. The molecule has 6 nitrogen and oxygen atoms in total. The second kappa shape index (κ2) is 16.0. The first-order chi connectivity index (χ1) is 20.2. The van der Waals surface area contributed by atoms with Crippen molar-refractivity contribution in [2.24, 2.45) is 58.0 Å². The van der Waals surface area contributed by atoms with Gasteiger partial charge in [0.2, 0.25) is 5.91 Å². The molecule has 244 valence electrons. The van der Waals surface area contributed by atoms with E-state index in [0.717, 1.165) is 47.8 Å². The van der Waals surface area contributed by atoms with E-state index in [-0.39, 0.29) is 5.91 Å². The molecule has 4 fully saturated rings. The summed E-state index contributed by atoms with van der Waals surface area (Å²) in [4.78, 5) is 12.7. The Kier molecular flexibility index (Phi) is 13.1. The van der Waals surface area contributed by atoms with E-state index >= 15 is 0 Å². The van der Waals surface area contributed by atoms with Crippen molar-refractivity contribution in [3.05, 3.63) is 0 Å². The lowest BCUT2D eigenvalue weighted by Gasteiger charge is -2.61. The van der Waals surface area contributed by atoms with Crippen LogP contribution < -0.4 is 11.1 Å². The van der Waals surface area contributed by atoms with Crippen molar-refractivity contribution < 1.29 is 19.0 Å². The number of hydrogen-bond donors (Lipinski definition) is 2. The van der Waals surface area contributed by atoms with Crippen molar-refractivity contribution >= 4 is 5.91 Å². The van der Waals surface area contributed by atoms with Gasteiger partial charge in [-0.3, -0.25) is 4.79 Å². The maximum Gasteiger partial charge on any atom is 0.222 e. The van der Waals surface area contributed by atoms with E-state index in [0.29, 0.717) is 69.5 Å². The molecular formula is C36H66N2O4. The monoisotopic (exact) mass is 591 g/mol. The summed E-state index contributed by atoms with van der Waals surface area (Å²) < 4.78 is 16.4. The van der Waals surface area contributed by atoms with E-state index in [1.54, 1.807) is 0 Å². The highest BCUT2D eigenvalue weighted by molar-refractivity contribution is 5.76. The van der Waals surface area contributed by atoms with Crippen molar-refractivity contribution in [1.29, 1.82) is 0 Å². The first-order valence-electron chi connectivity index (χ1n) is 17.9. The van der Waals surface area contributed by atoms with Crippen LogP contribution in [0.15, 0.2) is 0 Å². The molecule has 0 aromatic heterocycles. The number of ether oxygens (including phenoxy) is 3. The number of nitrogens with one attached hydrogen (secondary N) is 1. The maximum absolute atomic E-state index is 12.7. The normalized spacial score (nSPS) is 36.7. The Hall–Kier alpha value is -0.690. The molecule has 0 aromatic rings. The summed E-state index contributed by atoms with van der Waals surface area (Å²) >= 11 is 0. The molecule has 42 heavy (non-hydrogen) atoms. The predicted molar refractivity (Wildman–Crippen MR) is 171 cm³/mol. The Bertz CT molecular complexity index is 822. The van der Waals surface area contributed by atoms with E-state index in [1.165, 1.54) is 70.6 Å². The number of hydrogen-bond acceptors (Lipinski definition) is 5. The van der Waals surface area contributed by atoms with E-state index in [2.05, 4.69) is 39.9 Å². The van der Waals surface area contributed by atoms with Gasteiger partial charge >= 0.3 is 0 Å². The minimum Gasteiger partial charge on any atom is -0.379 e. The highest BCUT2D eigenvalue weighted by Crippen LogP contribution is 2.68. The van der Waals surface area contributed by atoms with Gasteiger partial charge in [-0.1, -0.05) is 53.9 Å². The summed E-state index contributed by atoms with van der Waals surface area (Å²) in [6.07, 6.45) is 16.9. The zero-order chi connectivity index (χ0) is 30.2. The van der Waals surface area contributed by atoms with Crippen LogP contribution in [-0.4, -0.2) is 58.1 Å². The SMILES string of the molecule is CC(C)CCC[C@@H](C)[C@H]1CCC2C3CCC4C[C@@H](NC(=O)CCOCCOCCOCCN)CC[C@]4(C)C3CC[C@@]21C. The van der Waals surface area contributed by atoms with Crippen LogP contribution in [0.5, 0.6) is 0 Å². The van der Waals surface area contributed by atoms with Crippen molar-refractivity contribution in [2.45, 2.75) is 124 Å². The predicted octanol–water partition coefficient (Wildman–Crippen LogP) is 6.99. The number of carbonyl (C=O) groups is 1. The van der Waals surface area contributed by atoms with Crippen LogP contribution in [0, 0.1) is 52.3 Å². The molecule has 0 bridgehead atoms. The van der Waals surface area contributed by atoms with Crippen LogP contribution in [-0.2, 0) is 19.0 Å². The highest BCUT2D eigenvalue weighted by Gasteiger charge is 2.60. The average Bonchev–Trinajstić information content (AvgIpc) is 3.31. The fraction of sp³-hybridized carbons (Fsp3) is 0.972. The third-order valence-electron chi connectivity index (χ3n) is 12.7. The molecule has 6 heteroatoms. The van der Waals surface area contributed by atoms with E-state index in [1.807, 2.05) is 0 Å². The summed E-state index contributed by atoms with van der Waals surface area (Å²) in [5.74, 6) is 6.32. The van der Waals surface area contributed by atoms with Gasteiger partial charge in [0.1, 0.15) is 0 Å². The molecule has 9 atom stereocenters. The fourth-order valence-electron chi connectivity index (χ4n) is 10.5. The third-order valence-corrected chi connectivity index (χ3v) is 12.7. The second-order valence-electron chi connectivity index (χ2n) is 15.6. The third kappa shape index (κ3) is 8.31. The number of rotatable bonds is 17. The van der Waals surface area contributed by atoms with Crippen LogP contribution in [0.1, 0.15) is 118 Å². The Morgan fingerprint density at radius 2 is 1.48 bits per heavy atom. The lowest BCUT2D eigenvalue weighted by atomic mass is 9.44. The number of carbonyl (C=O) groups excluding carboxylic acids is 1. The molecule has 1 amide bonds. The number of amides is 1. The van der Waals surface area contributed by atoms with Crippen LogP contribution in [0.4, 0.5) is 0 Å². The summed E-state index contributed by atoms with van der Waals surface area (Å²) in [7, 11) is 0. The second-order valence-corrected chi connectivity index (χ2v) is 15.6. The van der Waals surface area contributed by atoms with Crippen molar-refractivity contribution in [2.75, 3.05) is 46.2 Å². The molecule has 3 N–H and O–H groups in total. The van der Waals surface area contributed by atoms with Gasteiger partial charge in [-0.15, -0.1) is 0 Å². The molecule has 0 radical (unpaired) electrons. The lowest BCUT2D eigenvalue weighted by molar-refractivity contribution is -0.128. The zero-order valence-corrected chi connectivity index (χ0v) is 28.0. The number of fused-ring (bicyclic) bond motifs is 5. The van der Waals surface area contributed by atoms with Gasteiger partial charge in [-0.05, 0) is 110 Å². The van der Waals surface area contributed by atoms with Crippen LogP contribution in [0.3, 0.4) is 0 Å². The minimum atomic E-state index is 0.140. The molecule has 4 rings (SSSR count). The Labute approximate surface area is 258 Å². The van der Waals surface area contributed by atoms with E-state index in [4.69, 9.17) is 19.9 Å². The number of nitrogens with two attached hydrogens (primary N) is 1. The summed E-state index contributed by atoms with van der Waals surface area (Å²) in [6.45, 7) is 16.4. The molecule has 0 aliphatic heterocycles. The average molecular weight is 591 g/mol. The summed E-state index contributed by atoms with van der Waals surface area (Å²) in [5.41, 5.74) is 6.43. The van der Waals surface area contributed by atoms with Gasteiger partial charge in [-0.25, -0.2) is 0 Å². The van der Waals surface area contributed by atoms with Crippen LogP contribution in [0.25, 0.3) is 0 Å². The summed E-state index contributed by atoms with van der Waals surface area (Å²) in [6, 6.07) is 0.334. The standard InChI is InChI=1S/C36H66N2O4/c1-26(2)7-6-8-27(3)31-11-12-32-30-10-9-28-25-29(13-16-35(28,4)33(30)14-17-36(31,32)5)38-34(39)15-19-40-21-23-42-24-22-41-20-18-37/h26-33H,6-25,37H2,1-5H3,(H,38,39)/t27-,28?,29+,30?,31-,32?,33?,35+,36-/m1/s1. The van der Waals surface area contributed by atoms with Crippen LogP contribution in [0.2, 0.25) is 0 Å². The Morgan fingerprint density at radius 3 is 2.19 bits per heavy atom. The van der Waals surface area contributed by atoms with E-state index < -0.39 is 0 Å². The topological polar surface area (TPSA) is 82.8 Å². The zero-order valence-electron chi connectivity index (χ0n) is 28.0. The van der Waals surface area contributed by atoms with Crippen molar-refractivity contribution in [3.63, 3.8) is 0 Å². The smallest absolute Gasteiger partial charge is 0.222 e. The fourth-order valence-corrected chi connectivity index (χ4v) is 10.5. The summed E-state index contributed by atoms with van der Waals surface area (Å²) in [5, 5.41) is 3.38. The van der Waals surface area contributed by atoms with Crippen molar-refractivity contribution in [3.8, 4) is 0 Å². The molecule has 0 saturated heterocycles. The first-order valence-corrected chi connectivity index (χ1v) is 17.9. The van der Waals surface area contributed by atoms with Gasteiger partial charge in [0.05, 0.1) is 39.6 Å². The lowest BCUT2D eigenvalue weighted by Crippen LogP contribution is -2.55. The van der Waals surface area contributed by atoms with Gasteiger partial charge in [-0.2, -0.15) is 0 Å². The molecule has 4 aliphatic carbocycles. The quantitative estimate of drug-likeness (QED) is 0.178. The van der Waals surface area contributed by atoms with Gasteiger partial charge < -0.3 is 25.3 Å². The van der Waals surface area contributed by atoms with E-state index in [9.17, 15) is 4.79 Å². The van der Waals surface area contributed by atoms with Crippen LogP contribution >= 0.6 is 0 Å². The molecule has 4 unspecified atom stereocenters. The maximum atomic E-state index is 12.7. The van der Waals surface area contributed by atoms with Gasteiger partial charge in [0, 0.05) is 19.0 Å². The van der Waals surface area contributed by atoms with Gasteiger partial charge in [0.25, 0.3) is 0 Å². The molecule has 0 heterocycles. The first kappa shape index (κ1) is 34.2.